The molecule has 0 aromatic rings. The second-order valence-electron chi connectivity index (χ2n) is 5.48. The molecule has 1 saturated carbocycles. The normalized spacial score (nSPS) is 19.4. The molecule has 0 aliphatic heterocycles. The molecule has 1 aliphatic rings. The number of carboxylic acids is 1. The maximum atomic E-state index is 12.1. The van der Waals surface area contributed by atoms with E-state index < -0.39 is 5.97 Å². The highest BCUT2D eigenvalue weighted by atomic mass is 16.4. The van der Waals surface area contributed by atoms with Crippen LogP contribution in [-0.2, 0) is 9.59 Å². The van der Waals surface area contributed by atoms with Gasteiger partial charge < -0.3 is 10.4 Å². The number of hydrogen-bond donors (Lipinski definition) is 2. The summed E-state index contributed by atoms with van der Waals surface area (Å²) in [6.07, 6.45) is 6.56. The maximum absolute atomic E-state index is 12.1. The molecule has 0 aromatic carbocycles. The SMILES string of the molecule is CCC1(C(=O)NCCCC(C)C(=O)O)CCCC1. The van der Waals surface area contributed by atoms with Crippen LogP contribution in [0.3, 0.4) is 0 Å². The average Bonchev–Trinajstić information content (AvgIpc) is 2.83. The summed E-state index contributed by atoms with van der Waals surface area (Å²) in [5.74, 6) is -0.916. The van der Waals surface area contributed by atoms with Crippen molar-refractivity contribution in [2.24, 2.45) is 11.3 Å². The number of aliphatic carboxylic acids is 1. The van der Waals surface area contributed by atoms with Gasteiger partial charge in [0.1, 0.15) is 0 Å². The first kappa shape index (κ1) is 15.0. The van der Waals surface area contributed by atoms with E-state index in [1.807, 2.05) is 0 Å². The van der Waals surface area contributed by atoms with Crippen LogP contribution in [0.15, 0.2) is 0 Å². The van der Waals surface area contributed by atoms with Crippen molar-refractivity contribution in [3.05, 3.63) is 0 Å². The molecule has 0 aromatic heterocycles. The van der Waals surface area contributed by atoms with Gasteiger partial charge in [-0.25, -0.2) is 0 Å². The Morgan fingerprint density at radius 2 is 1.94 bits per heavy atom. The molecule has 1 rings (SSSR count). The highest BCUT2D eigenvalue weighted by molar-refractivity contribution is 5.82. The Hall–Kier alpha value is -1.06. The minimum Gasteiger partial charge on any atom is -0.481 e. The fourth-order valence-electron chi connectivity index (χ4n) is 2.71. The molecule has 1 unspecified atom stereocenters. The number of amides is 1. The number of hydrogen-bond acceptors (Lipinski definition) is 2. The van der Waals surface area contributed by atoms with Gasteiger partial charge in [-0.3, -0.25) is 9.59 Å². The molecule has 4 nitrogen and oxygen atoms in total. The molecule has 0 saturated heterocycles. The van der Waals surface area contributed by atoms with Gasteiger partial charge in [-0.2, -0.15) is 0 Å². The number of nitrogens with one attached hydrogen (secondary N) is 1. The molecule has 1 aliphatic carbocycles. The van der Waals surface area contributed by atoms with E-state index in [0.717, 1.165) is 38.5 Å². The van der Waals surface area contributed by atoms with E-state index in [1.165, 1.54) is 0 Å². The van der Waals surface area contributed by atoms with Gasteiger partial charge in [0, 0.05) is 12.0 Å². The summed E-state index contributed by atoms with van der Waals surface area (Å²) in [6.45, 7) is 4.38. The smallest absolute Gasteiger partial charge is 0.306 e. The van der Waals surface area contributed by atoms with Gasteiger partial charge in [0.05, 0.1) is 5.92 Å². The molecule has 18 heavy (non-hydrogen) atoms. The predicted octanol–water partition coefficient (Wildman–Crippen LogP) is 2.57. The van der Waals surface area contributed by atoms with Gasteiger partial charge >= 0.3 is 5.97 Å². The van der Waals surface area contributed by atoms with E-state index in [0.29, 0.717) is 13.0 Å². The molecule has 104 valence electrons. The summed E-state index contributed by atoms with van der Waals surface area (Å²) in [4.78, 5) is 22.8. The Morgan fingerprint density at radius 1 is 1.33 bits per heavy atom. The zero-order valence-electron chi connectivity index (χ0n) is 11.5. The summed E-state index contributed by atoms with van der Waals surface area (Å²) in [6, 6.07) is 0. The van der Waals surface area contributed by atoms with E-state index in [4.69, 9.17) is 5.11 Å². The van der Waals surface area contributed by atoms with Crippen LogP contribution in [0, 0.1) is 11.3 Å². The summed E-state index contributed by atoms with van der Waals surface area (Å²) in [5, 5.41) is 11.7. The van der Waals surface area contributed by atoms with Gasteiger partial charge in [-0.1, -0.05) is 26.7 Å². The van der Waals surface area contributed by atoms with Crippen LogP contribution < -0.4 is 5.32 Å². The first-order valence-corrected chi connectivity index (χ1v) is 7.03. The number of rotatable bonds is 7. The van der Waals surface area contributed by atoms with Crippen LogP contribution in [0.5, 0.6) is 0 Å². The summed E-state index contributed by atoms with van der Waals surface area (Å²) < 4.78 is 0. The van der Waals surface area contributed by atoms with Crippen LogP contribution in [0.25, 0.3) is 0 Å². The molecular formula is C14H25NO3. The van der Waals surface area contributed by atoms with Crippen LogP contribution in [0.4, 0.5) is 0 Å². The molecule has 1 fully saturated rings. The lowest BCUT2D eigenvalue weighted by atomic mass is 9.82. The van der Waals surface area contributed by atoms with Crippen molar-refractivity contribution in [2.45, 2.75) is 58.8 Å². The Morgan fingerprint density at radius 3 is 2.44 bits per heavy atom. The van der Waals surface area contributed by atoms with Gasteiger partial charge in [-0.05, 0) is 32.1 Å². The Balaban J connectivity index is 2.26. The second kappa shape index (κ2) is 6.76. The van der Waals surface area contributed by atoms with Crippen molar-refractivity contribution >= 4 is 11.9 Å². The Labute approximate surface area is 109 Å². The van der Waals surface area contributed by atoms with E-state index in [1.54, 1.807) is 6.92 Å². The van der Waals surface area contributed by atoms with Crippen molar-refractivity contribution in [3.8, 4) is 0 Å². The quantitative estimate of drug-likeness (QED) is 0.687. The number of carbonyl (C=O) groups is 2. The minimum absolute atomic E-state index is 0.140. The molecule has 0 spiro atoms. The highest BCUT2D eigenvalue weighted by Gasteiger charge is 2.38. The van der Waals surface area contributed by atoms with Gasteiger partial charge in [0.2, 0.25) is 5.91 Å². The first-order valence-electron chi connectivity index (χ1n) is 7.03. The molecule has 0 bridgehead atoms. The van der Waals surface area contributed by atoms with Crippen LogP contribution in [0.1, 0.15) is 58.8 Å². The van der Waals surface area contributed by atoms with Crippen LogP contribution in [-0.4, -0.2) is 23.5 Å². The van der Waals surface area contributed by atoms with Gasteiger partial charge in [-0.15, -0.1) is 0 Å². The largest absolute Gasteiger partial charge is 0.481 e. The topological polar surface area (TPSA) is 66.4 Å². The third kappa shape index (κ3) is 3.72. The summed E-state index contributed by atoms with van der Waals surface area (Å²) in [7, 11) is 0. The van der Waals surface area contributed by atoms with Crippen molar-refractivity contribution < 1.29 is 14.7 Å². The number of carboxylic acid groups (broad SMARTS) is 1. The lowest BCUT2D eigenvalue weighted by Crippen LogP contribution is -2.39. The lowest BCUT2D eigenvalue weighted by molar-refractivity contribution is -0.141. The third-order valence-corrected chi connectivity index (χ3v) is 4.24. The Bertz CT molecular complexity index is 295. The van der Waals surface area contributed by atoms with E-state index >= 15 is 0 Å². The van der Waals surface area contributed by atoms with Crippen molar-refractivity contribution in [1.82, 2.24) is 5.32 Å². The summed E-state index contributed by atoms with van der Waals surface area (Å²) >= 11 is 0. The highest BCUT2D eigenvalue weighted by Crippen LogP contribution is 2.41. The fourth-order valence-corrected chi connectivity index (χ4v) is 2.71. The maximum Gasteiger partial charge on any atom is 0.306 e. The minimum atomic E-state index is -0.762. The molecule has 0 heterocycles. The van der Waals surface area contributed by atoms with E-state index in [-0.39, 0.29) is 17.2 Å². The van der Waals surface area contributed by atoms with E-state index in [9.17, 15) is 9.59 Å². The van der Waals surface area contributed by atoms with Crippen LogP contribution >= 0.6 is 0 Å². The van der Waals surface area contributed by atoms with Gasteiger partial charge in [0.15, 0.2) is 0 Å². The molecule has 1 amide bonds. The number of carbonyl (C=O) groups excluding carboxylic acids is 1. The molecular weight excluding hydrogens is 230 g/mol. The van der Waals surface area contributed by atoms with Crippen molar-refractivity contribution in [3.63, 3.8) is 0 Å². The molecule has 2 N–H and O–H groups in total. The van der Waals surface area contributed by atoms with E-state index in [2.05, 4.69) is 12.2 Å². The molecule has 1 atom stereocenters. The monoisotopic (exact) mass is 255 g/mol. The lowest BCUT2D eigenvalue weighted by Gasteiger charge is -2.26. The molecule has 0 radical (unpaired) electrons. The van der Waals surface area contributed by atoms with Crippen molar-refractivity contribution in [1.29, 1.82) is 0 Å². The zero-order chi connectivity index (χ0) is 13.6. The van der Waals surface area contributed by atoms with Crippen molar-refractivity contribution in [2.75, 3.05) is 6.54 Å². The summed E-state index contributed by atoms with van der Waals surface area (Å²) in [5.41, 5.74) is -0.140. The standard InChI is InChI=1S/C14H25NO3/c1-3-14(8-4-5-9-14)13(18)15-10-6-7-11(2)12(16)17/h11H,3-10H2,1-2H3,(H,15,18)(H,16,17). The average molecular weight is 255 g/mol. The second-order valence-corrected chi connectivity index (χ2v) is 5.48. The Kier molecular flexibility index (Phi) is 5.63. The van der Waals surface area contributed by atoms with Crippen LogP contribution in [0.2, 0.25) is 0 Å². The molecule has 4 heteroatoms. The third-order valence-electron chi connectivity index (χ3n) is 4.24. The van der Waals surface area contributed by atoms with Gasteiger partial charge in [0.25, 0.3) is 0 Å². The zero-order valence-corrected chi connectivity index (χ0v) is 11.5. The first-order chi connectivity index (χ1) is 8.52. The fraction of sp³-hybridized carbons (Fsp3) is 0.857. The predicted molar refractivity (Wildman–Crippen MR) is 70.2 cm³/mol.